The smallest absolute Gasteiger partial charge is 0.416 e. The standard InChI is InChI=1S/C13H16N2O4/c1-13(2,3)19-12(18)15-7-5-8-9(11(16)17)4-6-14-10(8)15/h4,6H,5,7H2,1-3H3,(H,16,17). The minimum atomic E-state index is -1.01. The third-order valence-electron chi connectivity index (χ3n) is 2.72. The molecule has 102 valence electrons. The highest BCUT2D eigenvalue weighted by molar-refractivity contribution is 5.95. The summed E-state index contributed by atoms with van der Waals surface area (Å²) in [7, 11) is 0. The first-order chi connectivity index (χ1) is 8.79. The molecule has 0 spiro atoms. The van der Waals surface area contributed by atoms with Gasteiger partial charge in [0.1, 0.15) is 11.4 Å². The van der Waals surface area contributed by atoms with Crippen LogP contribution in [0.2, 0.25) is 0 Å². The summed E-state index contributed by atoms with van der Waals surface area (Å²) in [6.45, 7) is 5.73. The lowest BCUT2D eigenvalue weighted by Crippen LogP contribution is -2.36. The van der Waals surface area contributed by atoms with Gasteiger partial charge in [-0.15, -0.1) is 0 Å². The summed E-state index contributed by atoms with van der Waals surface area (Å²) in [5, 5.41) is 9.10. The lowest BCUT2D eigenvalue weighted by Gasteiger charge is -2.24. The highest BCUT2D eigenvalue weighted by atomic mass is 16.6. The van der Waals surface area contributed by atoms with Crippen LogP contribution in [0.3, 0.4) is 0 Å². The lowest BCUT2D eigenvalue weighted by atomic mass is 10.1. The van der Waals surface area contributed by atoms with Gasteiger partial charge in [-0.25, -0.2) is 14.6 Å². The zero-order valence-corrected chi connectivity index (χ0v) is 11.1. The second-order valence-corrected chi connectivity index (χ2v) is 5.35. The summed E-state index contributed by atoms with van der Waals surface area (Å²) in [6.07, 6.45) is 1.37. The van der Waals surface area contributed by atoms with Gasteiger partial charge in [0, 0.05) is 18.3 Å². The Morgan fingerprint density at radius 3 is 2.68 bits per heavy atom. The van der Waals surface area contributed by atoms with Crippen LogP contribution in [0.5, 0.6) is 0 Å². The van der Waals surface area contributed by atoms with Crippen molar-refractivity contribution in [3.8, 4) is 0 Å². The predicted molar refractivity (Wildman–Crippen MR) is 68.5 cm³/mol. The van der Waals surface area contributed by atoms with E-state index in [-0.39, 0.29) is 5.56 Å². The topological polar surface area (TPSA) is 79.7 Å². The molecular weight excluding hydrogens is 248 g/mol. The maximum atomic E-state index is 12.0. The van der Waals surface area contributed by atoms with Crippen molar-refractivity contribution in [2.24, 2.45) is 0 Å². The fraction of sp³-hybridized carbons (Fsp3) is 0.462. The van der Waals surface area contributed by atoms with Crippen LogP contribution >= 0.6 is 0 Å². The van der Waals surface area contributed by atoms with E-state index in [1.165, 1.54) is 17.2 Å². The van der Waals surface area contributed by atoms with Crippen LogP contribution in [0.4, 0.5) is 10.6 Å². The van der Waals surface area contributed by atoms with Crippen LogP contribution in [0.15, 0.2) is 12.3 Å². The van der Waals surface area contributed by atoms with E-state index in [0.717, 1.165) is 0 Å². The van der Waals surface area contributed by atoms with Crippen molar-refractivity contribution in [2.45, 2.75) is 32.8 Å². The lowest BCUT2D eigenvalue weighted by molar-refractivity contribution is 0.0581. The number of rotatable bonds is 1. The van der Waals surface area contributed by atoms with Crippen molar-refractivity contribution in [1.29, 1.82) is 0 Å². The molecule has 0 radical (unpaired) electrons. The molecule has 0 saturated carbocycles. The Kier molecular flexibility index (Phi) is 3.18. The molecule has 1 aliphatic rings. The van der Waals surface area contributed by atoms with Gasteiger partial charge in [0.2, 0.25) is 0 Å². The molecule has 1 amide bonds. The van der Waals surface area contributed by atoms with Crippen LogP contribution in [-0.4, -0.2) is 34.3 Å². The number of aromatic carboxylic acids is 1. The van der Waals surface area contributed by atoms with E-state index < -0.39 is 17.7 Å². The Bertz CT molecular complexity index is 534. The van der Waals surface area contributed by atoms with E-state index in [1.54, 1.807) is 20.8 Å². The SMILES string of the molecule is CC(C)(C)OC(=O)N1CCc2c(C(=O)O)ccnc21. The van der Waals surface area contributed by atoms with Gasteiger partial charge in [-0.1, -0.05) is 0 Å². The number of hydrogen-bond acceptors (Lipinski definition) is 4. The molecule has 0 fully saturated rings. The average molecular weight is 264 g/mol. The Labute approximate surface area is 111 Å². The van der Waals surface area contributed by atoms with Crippen LogP contribution in [0, 0.1) is 0 Å². The summed E-state index contributed by atoms with van der Waals surface area (Å²) >= 11 is 0. The number of anilines is 1. The maximum absolute atomic E-state index is 12.0. The highest BCUT2D eigenvalue weighted by Crippen LogP contribution is 2.29. The Hall–Kier alpha value is -2.11. The third-order valence-corrected chi connectivity index (χ3v) is 2.72. The molecule has 0 aromatic carbocycles. The van der Waals surface area contributed by atoms with Gasteiger partial charge in [0.25, 0.3) is 0 Å². The first kappa shape index (κ1) is 13.3. The van der Waals surface area contributed by atoms with Gasteiger partial charge < -0.3 is 9.84 Å². The van der Waals surface area contributed by atoms with Crippen molar-refractivity contribution in [2.75, 3.05) is 11.4 Å². The molecule has 1 aliphatic heterocycles. The van der Waals surface area contributed by atoms with Crippen LogP contribution in [0.1, 0.15) is 36.7 Å². The number of pyridine rings is 1. The van der Waals surface area contributed by atoms with Gasteiger partial charge in [0.15, 0.2) is 0 Å². The first-order valence-corrected chi connectivity index (χ1v) is 6.01. The molecule has 0 bridgehead atoms. The summed E-state index contributed by atoms with van der Waals surface area (Å²) in [5.74, 6) is -0.626. The Morgan fingerprint density at radius 2 is 2.11 bits per heavy atom. The van der Waals surface area contributed by atoms with Gasteiger partial charge in [0.05, 0.1) is 5.56 Å². The second-order valence-electron chi connectivity index (χ2n) is 5.35. The molecule has 1 aromatic rings. The summed E-state index contributed by atoms with van der Waals surface area (Å²) in [5.41, 5.74) is 0.182. The molecule has 1 aromatic heterocycles. The van der Waals surface area contributed by atoms with Gasteiger partial charge in [-0.05, 0) is 33.3 Å². The number of carbonyl (C=O) groups excluding carboxylic acids is 1. The minimum absolute atomic E-state index is 0.191. The molecular formula is C13H16N2O4. The number of nitrogens with zero attached hydrogens (tertiary/aromatic N) is 2. The van der Waals surface area contributed by atoms with Gasteiger partial charge >= 0.3 is 12.1 Å². The predicted octanol–water partition coefficient (Wildman–Crippen LogP) is 2.08. The molecule has 6 heteroatoms. The molecule has 0 unspecified atom stereocenters. The zero-order valence-electron chi connectivity index (χ0n) is 11.1. The molecule has 0 saturated heterocycles. The average Bonchev–Trinajstić information content (AvgIpc) is 2.69. The van der Waals surface area contributed by atoms with E-state index in [9.17, 15) is 9.59 Å². The largest absolute Gasteiger partial charge is 0.478 e. The number of amides is 1. The number of carboxylic acid groups (broad SMARTS) is 1. The van der Waals surface area contributed by atoms with Crippen molar-refractivity contribution in [3.63, 3.8) is 0 Å². The fourth-order valence-corrected chi connectivity index (χ4v) is 1.99. The molecule has 2 rings (SSSR count). The summed E-state index contributed by atoms with van der Waals surface area (Å²) in [4.78, 5) is 28.6. The number of carbonyl (C=O) groups is 2. The van der Waals surface area contributed by atoms with Gasteiger partial charge in [-0.2, -0.15) is 0 Å². The third kappa shape index (κ3) is 2.67. The molecule has 0 aliphatic carbocycles. The quantitative estimate of drug-likeness (QED) is 0.840. The normalized spacial score (nSPS) is 14.2. The monoisotopic (exact) mass is 264 g/mol. The Balaban J connectivity index is 2.30. The van der Waals surface area contributed by atoms with Crippen LogP contribution < -0.4 is 4.90 Å². The van der Waals surface area contributed by atoms with E-state index in [4.69, 9.17) is 9.84 Å². The van der Waals surface area contributed by atoms with E-state index in [0.29, 0.717) is 24.3 Å². The highest BCUT2D eigenvalue weighted by Gasteiger charge is 2.32. The van der Waals surface area contributed by atoms with Crippen molar-refractivity contribution in [1.82, 2.24) is 4.98 Å². The van der Waals surface area contributed by atoms with Crippen LogP contribution in [-0.2, 0) is 11.2 Å². The van der Waals surface area contributed by atoms with Gasteiger partial charge in [-0.3, -0.25) is 4.90 Å². The molecule has 19 heavy (non-hydrogen) atoms. The molecule has 1 N–H and O–H groups in total. The number of fused-ring (bicyclic) bond motifs is 1. The van der Waals surface area contributed by atoms with E-state index >= 15 is 0 Å². The summed E-state index contributed by atoms with van der Waals surface area (Å²) < 4.78 is 5.28. The zero-order chi connectivity index (χ0) is 14.2. The van der Waals surface area contributed by atoms with Crippen molar-refractivity contribution in [3.05, 3.63) is 23.4 Å². The van der Waals surface area contributed by atoms with Crippen molar-refractivity contribution >= 4 is 17.9 Å². The Morgan fingerprint density at radius 1 is 1.42 bits per heavy atom. The number of hydrogen-bond donors (Lipinski definition) is 1. The number of ether oxygens (including phenoxy) is 1. The molecule has 2 heterocycles. The number of aromatic nitrogens is 1. The second kappa shape index (κ2) is 4.53. The number of carboxylic acids is 1. The van der Waals surface area contributed by atoms with E-state index in [1.807, 2.05) is 0 Å². The van der Waals surface area contributed by atoms with E-state index in [2.05, 4.69) is 4.98 Å². The van der Waals surface area contributed by atoms with Crippen LogP contribution in [0.25, 0.3) is 0 Å². The maximum Gasteiger partial charge on any atom is 0.416 e. The molecule has 0 atom stereocenters. The van der Waals surface area contributed by atoms with Crippen molar-refractivity contribution < 1.29 is 19.4 Å². The minimum Gasteiger partial charge on any atom is -0.478 e. The molecule has 6 nitrogen and oxygen atoms in total. The summed E-state index contributed by atoms with van der Waals surface area (Å²) in [6, 6.07) is 1.44. The first-order valence-electron chi connectivity index (χ1n) is 6.01. The fourth-order valence-electron chi connectivity index (χ4n) is 1.99.